The summed E-state index contributed by atoms with van der Waals surface area (Å²) in [5.74, 6) is 0.628. The lowest BCUT2D eigenvalue weighted by molar-refractivity contribution is -0.104. The summed E-state index contributed by atoms with van der Waals surface area (Å²) in [6.07, 6.45) is 14.8. The van der Waals surface area contributed by atoms with Crippen LogP contribution in [0.2, 0.25) is 0 Å². The van der Waals surface area contributed by atoms with E-state index < -0.39 is 0 Å². The molecule has 0 aromatic heterocycles. The fraction of sp³-hybridized carbons (Fsp3) is 0.615. The third-order valence-electron chi connectivity index (χ3n) is 2.25. The number of aldehydes is 1. The molecule has 14 heavy (non-hydrogen) atoms. The predicted molar refractivity (Wildman–Crippen MR) is 62.3 cm³/mol. The second-order valence-electron chi connectivity index (χ2n) is 3.73. The summed E-state index contributed by atoms with van der Waals surface area (Å²) in [6.45, 7) is 4.45. The van der Waals surface area contributed by atoms with Gasteiger partial charge in [-0.1, -0.05) is 57.8 Å². The molecule has 1 heteroatoms. The average molecular weight is 194 g/mol. The standard InChI is InChI=1S/C13H22O/c1-3-4-5-7-10-13(2)11-8-6-9-12-14/h6,8-9,11-13H,3-5,7,10H2,1-2H3/b9-6+,11-8+/t13-/m1/s1. The molecule has 0 amide bonds. The van der Waals surface area contributed by atoms with Gasteiger partial charge in [0.05, 0.1) is 0 Å². The Labute approximate surface area is 87.9 Å². The van der Waals surface area contributed by atoms with Gasteiger partial charge in [0.15, 0.2) is 0 Å². The van der Waals surface area contributed by atoms with Gasteiger partial charge < -0.3 is 0 Å². The number of carbonyl (C=O) groups excluding carboxylic acids is 1. The lowest BCUT2D eigenvalue weighted by Crippen LogP contribution is -1.89. The van der Waals surface area contributed by atoms with E-state index in [4.69, 9.17) is 0 Å². The topological polar surface area (TPSA) is 17.1 Å². The monoisotopic (exact) mass is 194 g/mol. The van der Waals surface area contributed by atoms with Crippen LogP contribution in [0.25, 0.3) is 0 Å². The second-order valence-corrected chi connectivity index (χ2v) is 3.73. The second kappa shape index (κ2) is 10.2. The van der Waals surface area contributed by atoms with Crippen molar-refractivity contribution < 1.29 is 4.79 Å². The van der Waals surface area contributed by atoms with E-state index in [1.165, 1.54) is 38.2 Å². The van der Waals surface area contributed by atoms with Crippen molar-refractivity contribution in [2.75, 3.05) is 0 Å². The molecular formula is C13H22O. The summed E-state index contributed by atoms with van der Waals surface area (Å²) < 4.78 is 0. The van der Waals surface area contributed by atoms with Crippen molar-refractivity contribution in [3.05, 3.63) is 24.3 Å². The number of unbranched alkanes of at least 4 members (excludes halogenated alkanes) is 3. The van der Waals surface area contributed by atoms with Crippen LogP contribution >= 0.6 is 0 Å². The Morgan fingerprint density at radius 3 is 2.50 bits per heavy atom. The van der Waals surface area contributed by atoms with E-state index in [2.05, 4.69) is 19.9 Å². The summed E-state index contributed by atoms with van der Waals surface area (Å²) in [6, 6.07) is 0. The molecule has 0 heterocycles. The molecule has 0 fully saturated rings. The van der Waals surface area contributed by atoms with Crippen molar-refractivity contribution in [2.45, 2.75) is 46.0 Å². The summed E-state index contributed by atoms with van der Waals surface area (Å²) in [7, 11) is 0. The van der Waals surface area contributed by atoms with Crippen molar-refractivity contribution in [3.8, 4) is 0 Å². The van der Waals surface area contributed by atoms with E-state index in [0.29, 0.717) is 5.92 Å². The first-order valence-electron chi connectivity index (χ1n) is 5.60. The fourth-order valence-corrected chi connectivity index (χ4v) is 1.35. The van der Waals surface area contributed by atoms with Crippen LogP contribution in [-0.2, 0) is 4.79 Å². The summed E-state index contributed by atoms with van der Waals surface area (Å²) >= 11 is 0. The van der Waals surface area contributed by atoms with Crippen molar-refractivity contribution in [1.82, 2.24) is 0 Å². The Hall–Kier alpha value is -0.850. The van der Waals surface area contributed by atoms with Crippen LogP contribution in [0.5, 0.6) is 0 Å². The van der Waals surface area contributed by atoms with Crippen LogP contribution in [0, 0.1) is 5.92 Å². The van der Waals surface area contributed by atoms with Gasteiger partial charge in [0.25, 0.3) is 0 Å². The quantitative estimate of drug-likeness (QED) is 0.248. The van der Waals surface area contributed by atoms with Crippen LogP contribution in [0.15, 0.2) is 24.3 Å². The minimum absolute atomic E-state index is 0.628. The van der Waals surface area contributed by atoms with Crippen LogP contribution in [-0.4, -0.2) is 6.29 Å². The van der Waals surface area contributed by atoms with E-state index in [-0.39, 0.29) is 0 Å². The fourth-order valence-electron chi connectivity index (χ4n) is 1.35. The number of allylic oxidation sites excluding steroid dienone is 4. The molecule has 0 saturated carbocycles. The molecule has 0 aliphatic carbocycles. The molecule has 0 radical (unpaired) electrons. The van der Waals surface area contributed by atoms with Gasteiger partial charge in [0.2, 0.25) is 0 Å². The molecule has 0 aromatic rings. The van der Waals surface area contributed by atoms with Gasteiger partial charge >= 0.3 is 0 Å². The summed E-state index contributed by atoms with van der Waals surface area (Å²) in [4.78, 5) is 9.97. The van der Waals surface area contributed by atoms with Crippen molar-refractivity contribution >= 4 is 6.29 Å². The van der Waals surface area contributed by atoms with Crippen molar-refractivity contribution in [1.29, 1.82) is 0 Å². The highest BCUT2D eigenvalue weighted by Crippen LogP contribution is 2.11. The zero-order valence-electron chi connectivity index (χ0n) is 9.41. The van der Waals surface area contributed by atoms with Crippen molar-refractivity contribution in [2.24, 2.45) is 5.92 Å². The van der Waals surface area contributed by atoms with E-state index >= 15 is 0 Å². The molecule has 0 rings (SSSR count). The molecule has 0 bridgehead atoms. The molecule has 0 N–H and O–H groups in total. The predicted octanol–water partition coefficient (Wildman–Crippen LogP) is 3.90. The molecule has 0 saturated heterocycles. The maximum Gasteiger partial charge on any atom is 0.142 e. The first-order chi connectivity index (χ1) is 6.81. The number of rotatable bonds is 8. The number of hydrogen-bond donors (Lipinski definition) is 0. The molecule has 80 valence electrons. The SMILES string of the molecule is CCCCCC[C@@H](C)/C=C/C=C/C=O. The van der Waals surface area contributed by atoms with E-state index in [9.17, 15) is 4.79 Å². The highest BCUT2D eigenvalue weighted by molar-refractivity contribution is 5.65. The first-order valence-corrected chi connectivity index (χ1v) is 5.60. The smallest absolute Gasteiger partial charge is 0.142 e. The van der Waals surface area contributed by atoms with Crippen LogP contribution in [0.1, 0.15) is 46.0 Å². The highest BCUT2D eigenvalue weighted by atomic mass is 16.1. The van der Waals surface area contributed by atoms with Gasteiger partial charge in [0.1, 0.15) is 6.29 Å². The van der Waals surface area contributed by atoms with E-state index in [0.717, 1.165) is 6.29 Å². The lowest BCUT2D eigenvalue weighted by atomic mass is 10.0. The Bertz CT molecular complexity index is 180. The Kier molecular flexibility index (Phi) is 9.61. The lowest BCUT2D eigenvalue weighted by Gasteiger charge is -2.04. The number of hydrogen-bond acceptors (Lipinski definition) is 1. The van der Waals surface area contributed by atoms with Crippen molar-refractivity contribution in [3.63, 3.8) is 0 Å². The summed E-state index contributed by atoms with van der Waals surface area (Å²) in [5.41, 5.74) is 0. The van der Waals surface area contributed by atoms with Gasteiger partial charge in [-0.25, -0.2) is 0 Å². The minimum atomic E-state index is 0.628. The third-order valence-corrected chi connectivity index (χ3v) is 2.25. The Morgan fingerprint density at radius 2 is 1.86 bits per heavy atom. The summed E-state index contributed by atoms with van der Waals surface area (Å²) in [5, 5.41) is 0. The largest absolute Gasteiger partial charge is 0.299 e. The molecule has 0 aliphatic rings. The highest BCUT2D eigenvalue weighted by Gasteiger charge is 1.95. The molecule has 1 nitrogen and oxygen atoms in total. The molecule has 0 spiro atoms. The van der Waals surface area contributed by atoms with Gasteiger partial charge in [0, 0.05) is 0 Å². The van der Waals surface area contributed by atoms with E-state index in [1.807, 2.05) is 6.08 Å². The third kappa shape index (κ3) is 9.24. The zero-order chi connectivity index (χ0) is 10.6. The molecule has 0 unspecified atom stereocenters. The maximum absolute atomic E-state index is 9.97. The zero-order valence-corrected chi connectivity index (χ0v) is 9.41. The van der Waals surface area contributed by atoms with Gasteiger partial charge in [-0.2, -0.15) is 0 Å². The Balaban J connectivity index is 3.44. The average Bonchev–Trinajstić information content (AvgIpc) is 2.19. The first kappa shape index (κ1) is 13.2. The molecule has 0 aromatic carbocycles. The van der Waals surface area contributed by atoms with Gasteiger partial charge in [-0.3, -0.25) is 4.79 Å². The maximum atomic E-state index is 9.97. The molecular weight excluding hydrogens is 172 g/mol. The van der Waals surface area contributed by atoms with Crippen LogP contribution in [0.3, 0.4) is 0 Å². The minimum Gasteiger partial charge on any atom is -0.299 e. The van der Waals surface area contributed by atoms with Gasteiger partial charge in [-0.05, 0) is 18.4 Å². The van der Waals surface area contributed by atoms with Gasteiger partial charge in [-0.15, -0.1) is 0 Å². The molecule has 1 atom stereocenters. The normalized spacial score (nSPS) is 13.9. The van der Waals surface area contributed by atoms with Crippen LogP contribution < -0.4 is 0 Å². The van der Waals surface area contributed by atoms with Crippen LogP contribution in [0.4, 0.5) is 0 Å². The number of carbonyl (C=O) groups is 1. The molecule has 0 aliphatic heterocycles. The Morgan fingerprint density at radius 1 is 1.07 bits per heavy atom. The van der Waals surface area contributed by atoms with E-state index in [1.54, 1.807) is 6.08 Å².